The van der Waals surface area contributed by atoms with Crippen molar-refractivity contribution in [2.24, 2.45) is 5.14 Å². The maximum Gasteiger partial charge on any atom is 0.335 e. The van der Waals surface area contributed by atoms with E-state index in [2.05, 4.69) is 0 Å². The van der Waals surface area contributed by atoms with Crippen molar-refractivity contribution in [2.75, 3.05) is 18.0 Å². The number of primary sulfonamides is 1. The van der Waals surface area contributed by atoms with Crippen LogP contribution in [-0.2, 0) is 10.0 Å². The van der Waals surface area contributed by atoms with E-state index in [9.17, 15) is 18.3 Å². The van der Waals surface area contributed by atoms with Crippen LogP contribution in [0.1, 0.15) is 23.2 Å². The van der Waals surface area contributed by atoms with Gasteiger partial charge in [0.25, 0.3) is 0 Å². The lowest BCUT2D eigenvalue weighted by molar-refractivity contribution is 0.0696. The van der Waals surface area contributed by atoms with Crippen LogP contribution in [0.25, 0.3) is 11.1 Å². The van der Waals surface area contributed by atoms with Gasteiger partial charge in [0.05, 0.1) is 10.5 Å². The third-order valence-corrected chi connectivity index (χ3v) is 5.08. The van der Waals surface area contributed by atoms with E-state index < -0.39 is 16.0 Å². The molecule has 0 saturated carbocycles. The van der Waals surface area contributed by atoms with E-state index in [1.807, 2.05) is 11.0 Å². The van der Waals surface area contributed by atoms with E-state index in [0.29, 0.717) is 16.8 Å². The molecule has 24 heavy (non-hydrogen) atoms. The molecule has 1 saturated heterocycles. The van der Waals surface area contributed by atoms with Crippen LogP contribution in [-0.4, -0.2) is 32.6 Å². The molecule has 7 heteroatoms. The first-order valence-corrected chi connectivity index (χ1v) is 9.17. The van der Waals surface area contributed by atoms with Crippen molar-refractivity contribution in [3.8, 4) is 11.1 Å². The van der Waals surface area contributed by atoms with Gasteiger partial charge in [0.1, 0.15) is 0 Å². The van der Waals surface area contributed by atoms with E-state index in [1.54, 1.807) is 24.3 Å². The Balaban J connectivity index is 2.36. The summed E-state index contributed by atoms with van der Waals surface area (Å²) in [5.74, 6) is -1.18. The molecule has 0 aromatic heterocycles. The van der Waals surface area contributed by atoms with Crippen LogP contribution in [0, 0.1) is 0 Å². The highest BCUT2D eigenvalue weighted by Crippen LogP contribution is 2.38. The third kappa shape index (κ3) is 3.13. The summed E-state index contributed by atoms with van der Waals surface area (Å²) in [6.07, 6.45) is 1.96. The lowest BCUT2D eigenvalue weighted by atomic mass is 10.0. The molecule has 3 N–H and O–H groups in total. The van der Waals surface area contributed by atoms with Gasteiger partial charge >= 0.3 is 5.97 Å². The van der Waals surface area contributed by atoms with Crippen molar-refractivity contribution in [2.45, 2.75) is 17.7 Å². The molecule has 3 rings (SSSR count). The lowest BCUT2D eigenvalue weighted by Crippen LogP contribution is -2.22. The number of rotatable bonds is 4. The van der Waals surface area contributed by atoms with Gasteiger partial charge in [-0.1, -0.05) is 30.3 Å². The molecule has 0 spiro atoms. The number of nitrogens with two attached hydrogens (primary N) is 1. The standard InChI is InChI=1S/C17H18N2O4S/c18-24(22,23)15-11-13(17(20)21)10-14(19-8-4-5-9-19)16(15)12-6-2-1-3-7-12/h1-3,6-7,10-11H,4-5,8-9H2,(H,20,21)(H2,18,22,23). The summed E-state index contributed by atoms with van der Waals surface area (Å²) < 4.78 is 24.3. The first-order valence-electron chi connectivity index (χ1n) is 7.62. The number of benzene rings is 2. The summed E-state index contributed by atoms with van der Waals surface area (Å²) in [5, 5.41) is 14.7. The monoisotopic (exact) mass is 346 g/mol. The number of hydrogen-bond acceptors (Lipinski definition) is 4. The zero-order valence-corrected chi connectivity index (χ0v) is 13.8. The molecule has 1 heterocycles. The Hall–Kier alpha value is -2.38. The highest BCUT2D eigenvalue weighted by Gasteiger charge is 2.26. The zero-order valence-electron chi connectivity index (χ0n) is 13.0. The number of aromatic carboxylic acids is 1. The summed E-state index contributed by atoms with van der Waals surface area (Å²) in [6.45, 7) is 1.51. The molecule has 0 atom stereocenters. The number of carboxylic acids is 1. The summed E-state index contributed by atoms with van der Waals surface area (Å²) >= 11 is 0. The van der Waals surface area contributed by atoms with Gasteiger partial charge in [0.2, 0.25) is 10.0 Å². The normalized spacial score (nSPS) is 14.8. The SMILES string of the molecule is NS(=O)(=O)c1cc(C(=O)O)cc(N2CCCC2)c1-c1ccccc1. The van der Waals surface area contributed by atoms with Crippen LogP contribution < -0.4 is 10.0 Å². The van der Waals surface area contributed by atoms with Gasteiger partial charge in [-0.05, 0) is 30.5 Å². The molecular formula is C17H18N2O4S. The molecule has 1 aliphatic heterocycles. The predicted molar refractivity (Wildman–Crippen MR) is 91.7 cm³/mol. The van der Waals surface area contributed by atoms with Crippen LogP contribution in [0.4, 0.5) is 5.69 Å². The fraction of sp³-hybridized carbons (Fsp3) is 0.235. The van der Waals surface area contributed by atoms with Crippen LogP contribution in [0.5, 0.6) is 0 Å². The van der Waals surface area contributed by atoms with Crippen molar-refractivity contribution < 1.29 is 18.3 Å². The Kier molecular flexibility index (Phi) is 4.29. The summed E-state index contributed by atoms with van der Waals surface area (Å²) in [5.41, 5.74) is 1.67. The second-order valence-electron chi connectivity index (χ2n) is 5.78. The van der Waals surface area contributed by atoms with E-state index in [4.69, 9.17) is 5.14 Å². The molecule has 1 aliphatic rings. The summed E-state index contributed by atoms with van der Waals surface area (Å²) in [6, 6.07) is 11.7. The number of sulfonamides is 1. The van der Waals surface area contributed by atoms with Crippen molar-refractivity contribution in [3.63, 3.8) is 0 Å². The second-order valence-corrected chi connectivity index (χ2v) is 7.31. The van der Waals surface area contributed by atoms with Crippen LogP contribution in [0.15, 0.2) is 47.4 Å². The number of anilines is 1. The fourth-order valence-corrected chi connectivity index (χ4v) is 3.85. The molecular weight excluding hydrogens is 328 g/mol. The van der Waals surface area contributed by atoms with Gasteiger partial charge in [0, 0.05) is 24.3 Å². The summed E-state index contributed by atoms with van der Waals surface area (Å²) in [7, 11) is -4.08. The smallest absolute Gasteiger partial charge is 0.335 e. The lowest BCUT2D eigenvalue weighted by Gasteiger charge is -2.24. The molecule has 0 unspecified atom stereocenters. The minimum Gasteiger partial charge on any atom is -0.478 e. The van der Waals surface area contributed by atoms with Crippen molar-refractivity contribution >= 4 is 21.7 Å². The highest BCUT2D eigenvalue weighted by atomic mass is 32.2. The third-order valence-electron chi connectivity index (χ3n) is 4.14. The molecule has 0 bridgehead atoms. The first-order chi connectivity index (χ1) is 11.4. The average Bonchev–Trinajstić information content (AvgIpc) is 3.08. The minimum absolute atomic E-state index is 0.0828. The van der Waals surface area contributed by atoms with Gasteiger partial charge in [-0.25, -0.2) is 18.4 Å². The second kappa shape index (κ2) is 6.26. The van der Waals surface area contributed by atoms with Crippen LogP contribution in [0.2, 0.25) is 0 Å². The molecule has 0 aliphatic carbocycles. The van der Waals surface area contributed by atoms with E-state index in [-0.39, 0.29) is 10.5 Å². The Morgan fingerprint density at radius 1 is 1.08 bits per heavy atom. The predicted octanol–water partition coefficient (Wildman–Crippen LogP) is 2.30. The molecule has 6 nitrogen and oxygen atoms in total. The molecule has 126 valence electrons. The van der Waals surface area contributed by atoms with Crippen molar-refractivity contribution in [1.82, 2.24) is 0 Å². The number of carboxylic acid groups (broad SMARTS) is 1. The van der Waals surface area contributed by atoms with Crippen LogP contribution in [0.3, 0.4) is 0 Å². The van der Waals surface area contributed by atoms with Gasteiger partial charge < -0.3 is 10.0 Å². The quantitative estimate of drug-likeness (QED) is 0.884. The van der Waals surface area contributed by atoms with Crippen molar-refractivity contribution in [3.05, 3.63) is 48.0 Å². The number of hydrogen-bond donors (Lipinski definition) is 2. The Morgan fingerprint density at radius 3 is 2.25 bits per heavy atom. The average molecular weight is 346 g/mol. The van der Waals surface area contributed by atoms with Gasteiger partial charge in [-0.3, -0.25) is 0 Å². The first kappa shape index (κ1) is 16.5. The van der Waals surface area contributed by atoms with Crippen LogP contribution >= 0.6 is 0 Å². The number of nitrogens with zero attached hydrogens (tertiary/aromatic N) is 1. The maximum atomic E-state index is 12.1. The van der Waals surface area contributed by atoms with Gasteiger partial charge in [-0.15, -0.1) is 0 Å². The van der Waals surface area contributed by atoms with E-state index in [1.165, 1.54) is 6.07 Å². The Morgan fingerprint density at radius 2 is 1.71 bits per heavy atom. The topological polar surface area (TPSA) is 101 Å². The Bertz CT molecular complexity index is 873. The molecule has 2 aromatic rings. The molecule has 0 radical (unpaired) electrons. The van der Waals surface area contributed by atoms with E-state index in [0.717, 1.165) is 32.0 Å². The fourth-order valence-electron chi connectivity index (χ4n) is 3.05. The molecule has 1 fully saturated rings. The van der Waals surface area contributed by atoms with E-state index >= 15 is 0 Å². The summed E-state index contributed by atoms with van der Waals surface area (Å²) in [4.78, 5) is 13.3. The molecule has 2 aromatic carbocycles. The van der Waals surface area contributed by atoms with Crippen molar-refractivity contribution in [1.29, 1.82) is 0 Å². The number of carbonyl (C=O) groups is 1. The maximum absolute atomic E-state index is 12.1. The zero-order chi connectivity index (χ0) is 17.3. The van der Waals surface area contributed by atoms with Gasteiger partial charge in [0.15, 0.2) is 0 Å². The molecule has 0 amide bonds. The highest BCUT2D eigenvalue weighted by molar-refractivity contribution is 7.89. The minimum atomic E-state index is -4.08. The van der Waals surface area contributed by atoms with Gasteiger partial charge in [-0.2, -0.15) is 0 Å². The largest absolute Gasteiger partial charge is 0.478 e. The Labute approximate surface area is 140 Å².